The average Bonchev–Trinajstić information content (AvgIpc) is 2.92. The van der Waals surface area contributed by atoms with E-state index in [1.165, 1.54) is 4.68 Å². The summed E-state index contributed by atoms with van der Waals surface area (Å²) in [6, 6.07) is 0. The van der Waals surface area contributed by atoms with Gasteiger partial charge in [-0.25, -0.2) is 0 Å². The quantitative estimate of drug-likeness (QED) is 0.564. The first-order valence-electron chi connectivity index (χ1n) is 6.09. The van der Waals surface area contributed by atoms with Crippen molar-refractivity contribution in [3.05, 3.63) is 36.6 Å². The zero-order valence-electron chi connectivity index (χ0n) is 11.0. The maximum absolute atomic E-state index is 10.8. The van der Waals surface area contributed by atoms with Crippen LogP contribution in [-0.2, 0) is 19.5 Å². The van der Waals surface area contributed by atoms with E-state index in [0.29, 0.717) is 11.0 Å². The Morgan fingerprint density at radius 3 is 2.55 bits per heavy atom. The van der Waals surface area contributed by atoms with Gasteiger partial charge in [-0.1, -0.05) is 6.92 Å². The van der Waals surface area contributed by atoms with E-state index in [2.05, 4.69) is 42.1 Å². The van der Waals surface area contributed by atoms with Crippen LogP contribution in [0.2, 0.25) is 0 Å². The summed E-state index contributed by atoms with van der Waals surface area (Å²) in [6.07, 6.45) is 2.42. The highest BCUT2D eigenvalue weighted by Crippen LogP contribution is 2.26. The second-order valence-corrected chi connectivity index (χ2v) is 5.78. The van der Waals surface area contributed by atoms with E-state index in [1.54, 1.807) is 6.20 Å². The first kappa shape index (κ1) is 15.2. The number of aryl methyl sites for hydroxylation is 2. The Hall–Kier alpha value is -1.22. The number of nitro groups is 1. The zero-order valence-corrected chi connectivity index (χ0v) is 14.2. The summed E-state index contributed by atoms with van der Waals surface area (Å²) in [4.78, 5) is 10.3. The number of hydrogen-bond donors (Lipinski definition) is 0. The van der Waals surface area contributed by atoms with Crippen molar-refractivity contribution in [2.45, 2.75) is 33.4 Å². The second kappa shape index (κ2) is 6.04. The monoisotopic (exact) mass is 405 g/mol. The van der Waals surface area contributed by atoms with Crippen LogP contribution >= 0.6 is 31.9 Å². The zero-order chi connectivity index (χ0) is 14.9. The van der Waals surface area contributed by atoms with Crippen molar-refractivity contribution >= 4 is 37.7 Å². The Bertz CT molecular complexity index is 650. The van der Waals surface area contributed by atoms with Gasteiger partial charge in [0.05, 0.1) is 27.2 Å². The largest absolute Gasteiger partial charge is 0.404 e. The van der Waals surface area contributed by atoms with Crippen molar-refractivity contribution in [1.82, 2.24) is 19.6 Å². The minimum Gasteiger partial charge on any atom is -0.358 e. The van der Waals surface area contributed by atoms with E-state index in [0.717, 1.165) is 28.8 Å². The fraction of sp³-hybridized carbons (Fsp3) is 0.455. The molecule has 0 N–H and O–H groups in total. The first-order valence-corrected chi connectivity index (χ1v) is 7.67. The molecule has 108 valence electrons. The van der Waals surface area contributed by atoms with Crippen LogP contribution in [0.15, 0.2) is 15.1 Å². The molecule has 0 saturated heterocycles. The molecule has 0 aromatic carbocycles. The lowest BCUT2D eigenvalue weighted by molar-refractivity contribution is -0.390. The Labute approximate surface area is 132 Å². The van der Waals surface area contributed by atoms with Crippen molar-refractivity contribution in [3.8, 4) is 0 Å². The summed E-state index contributed by atoms with van der Waals surface area (Å²) < 4.78 is 4.73. The fourth-order valence-corrected chi connectivity index (χ4v) is 3.06. The van der Waals surface area contributed by atoms with Crippen molar-refractivity contribution in [2.75, 3.05) is 0 Å². The van der Waals surface area contributed by atoms with Crippen molar-refractivity contribution in [3.63, 3.8) is 0 Å². The van der Waals surface area contributed by atoms with Crippen LogP contribution in [-0.4, -0.2) is 24.5 Å². The smallest absolute Gasteiger partial charge is 0.358 e. The molecule has 0 unspecified atom stereocenters. The van der Waals surface area contributed by atoms with Gasteiger partial charge in [-0.2, -0.15) is 9.78 Å². The highest BCUT2D eigenvalue weighted by atomic mass is 79.9. The van der Waals surface area contributed by atoms with E-state index >= 15 is 0 Å². The normalized spacial score (nSPS) is 11.0. The molecule has 2 aromatic heterocycles. The van der Waals surface area contributed by atoms with Gasteiger partial charge in [-0.05, 0) is 50.1 Å². The maximum atomic E-state index is 10.8. The van der Waals surface area contributed by atoms with Crippen LogP contribution in [0.1, 0.15) is 25.2 Å². The van der Waals surface area contributed by atoms with E-state index in [9.17, 15) is 10.1 Å². The standard InChI is InChI=1S/C11H13Br2N5O2/c1-3-8-10(13)9(17(4-2)14-8)6-16-5-7(12)11(15-16)18(19)20/h5H,3-4,6H2,1-2H3. The molecule has 0 saturated carbocycles. The molecule has 0 aliphatic heterocycles. The Morgan fingerprint density at radius 1 is 1.35 bits per heavy atom. The van der Waals surface area contributed by atoms with Gasteiger partial charge in [0, 0.05) is 6.54 Å². The molecule has 0 radical (unpaired) electrons. The highest BCUT2D eigenvalue weighted by Gasteiger charge is 2.21. The van der Waals surface area contributed by atoms with Gasteiger partial charge < -0.3 is 10.1 Å². The molecule has 20 heavy (non-hydrogen) atoms. The van der Waals surface area contributed by atoms with Gasteiger partial charge in [-0.15, -0.1) is 0 Å². The van der Waals surface area contributed by atoms with Crippen molar-refractivity contribution < 1.29 is 4.92 Å². The third kappa shape index (κ3) is 2.78. The summed E-state index contributed by atoms with van der Waals surface area (Å²) in [5, 5.41) is 19.3. The van der Waals surface area contributed by atoms with E-state index < -0.39 is 4.92 Å². The summed E-state index contributed by atoms with van der Waals surface area (Å²) >= 11 is 6.69. The van der Waals surface area contributed by atoms with Crippen molar-refractivity contribution in [1.29, 1.82) is 0 Å². The maximum Gasteiger partial charge on any atom is 0.404 e. The second-order valence-electron chi connectivity index (χ2n) is 4.13. The predicted molar refractivity (Wildman–Crippen MR) is 80.7 cm³/mol. The summed E-state index contributed by atoms with van der Waals surface area (Å²) in [7, 11) is 0. The molecule has 0 aliphatic rings. The van der Waals surface area contributed by atoms with E-state index in [-0.39, 0.29) is 5.82 Å². The third-order valence-electron chi connectivity index (χ3n) is 2.88. The fourth-order valence-electron chi connectivity index (χ4n) is 1.91. The molecule has 0 fully saturated rings. The molecular formula is C11H13Br2N5O2. The summed E-state index contributed by atoms with van der Waals surface area (Å²) in [6.45, 7) is 5.20. The number of hydrogen-bond acceptors (Lipinski definition) is 4. The summed E-state index contributed by atoms with van der Waals surface area (Å²) in [5.74, 6) is -0.181. The van der Waals surface area contributed by atoms with Crippen LogP contribution < -0.4 is 0 Å². The van der Waals surface area contributed by atoms with Gasteiger partial charge in [0.25, 0.3) is 0 Å². The Kier molecular flexibility index (Phi) is 4.59. The van der Waals surface area contributed by atoms with Crippen LogP contribution in [0.5, 0.6) is 0 Å². The van der Waals surface area contributed by atoms with Gasteiger partial charge in [0.2, 0.25) is 0 Å². The Balaban J connectivity index is 2.37. The lowest BCUT2D eigenvalue weighted by Gasteiger charge is -2.03. The molecule has 9 heteroatoms. The lowest BCUT2D eigenvalue weighted by Crippen LogP contribution is -2.09. The van der Waals surface area contributed by atoms with Crippen LogP contribution in [0.4, 0.5) is 5.82 Å². The minimum absolute atomic E-state index is 0.181. The van der Waals surface area contributed by atoms with Crippen LogP contribution in [0.25, 0.3) is 0 Å². The van der Waals surface area contributed by atoms with Gasteiger partial charge in [0.1, 0.15) is 11.0 Å². The molecule has 0 spiro atoms. The lowest BCUT2D eigenvalue weighted by atomic mass is 10.3. The molecule has 0 amide bonds. The average molecular weight is 407 g/mol. The Morgan fingerprint density at radius 2 is 2.05 bits per heavy atom. The number of rotatable bonds is 5. The predicted octanol–water partition coefficient (Wildman–Crippen LogP) is 3.14. The molecule has 0 bridgehead atoms. The van der Waals surface area contributed by atoms with Crippen molar-refractivity contribution in [2.24, 2.45) is 0 Å². The number of halogens is 2. The first-order chi connectivity index (χ1) is 9.47. The topological polar surface area (TPSA) is 78.8 Å². The third-order valence-corrected chi connectivity index (χ3v) is 4.35. The molecule has 0 atom stereocenters. The number of nitrogens with zero attached hydrogens (tertiary/aromatic N) is 5. The van der Waals surface area contributed by atoms with Gasteiger partial charge in [-0.3, -0.25) is 4.68 Å². The molecule has 2 aromatic rings. The molecule has 2 heterocycles. The molecule has 0 aliphatic carbocycles. The summed E-state index contributed by atoms with van der Waals surface area (Å²) in [5.41, 5.74) is 1.93. The van der Waals surface area contributed by atoms with Gasteiger partial charge in [0.15, 0.2) is 0 Å². The number of aromatic nitrogens is 4. The molecule has 2 rings (SSSR count). The molecule has 7 nitrogen and oxygen atoms in total. The van der Waals surface area contributed by atoms with Gasteiger partial charge >= 0.3 is 5.82 Å². The molecular weight excluding hydrogens is 394 g/mol. The SMILES string of the molecule is CCc1nn(CC)c(Cn2cc(Br)c([N+](=O)[O-])n2)c1Br. The van der Waals surface area contributed by atoms with Crippen LogP contribution in [0.3, 0.4) is 0 Å². The van der Waals surface area contributed by atoms with E-state index in [4.69, 9.17) is 0 Å². The van der Waals surface area contributed by atoms with Crippen LogP contribution in [0, 0.1) is 10.1 Å². The minimum atomic E-state index is -0.510. The van der Waals surface area contributed by atoms with E-state index in [1.807, 2.05) is 18.5 Å². The highest BCUT2D eigenvalue weighted by molar-refractivity contribution is 9.11.